The van der Waals surface area contributed by atoms with Gasteiger partial charge in [0.15, 0.2) is 0 Å². The van der Waals surface area contributed by atoms with Crippen molar-refractivity contribution in [1.29, 1.82) is 0 Å². The molecule has 2 N–H and O–H groups in total. The normalized spacial score (nSPS) is 15.1. The van der Waals surface area contributed by atoms with Crippen LogP contribution in [0.15, 0.2) is 29.1 Å². The van der Waals surface area contributed by atoms with Gasteiger partial charge in [-0.15, -0.1) is 0 Å². The van der Waals surface area contributed by atoms with Crippen molar-refractivity contribution < 1.29 is 4.79 Å². The molecule has 7 heteroatoms. The molecule has 1 aliphatic carbocycles. The van der Waals surface area contributed by atoms with Crippen molar-refractivity contribution in [3.05, 3.63) is 40.3 Å². The Morgan fingerprint density at radius 1 is 1.17 bits per heavy atom. The van der Waals surface area contributed by atoms with E-state index in [2.05, 4.69) is 10.4 Å². The van der Waals surface area contributed by atoms with E-state index in [1.54, 1.807) is 24.3 Å². The van der Waals surface area contributed by atoms with E-state index in [0.29, 0.717) is 17.8 Å². The summed E-state index contributed by atoms with van der Waals surface area (Å²) in [6, 6.07) is 6.42. The first-order valence-electron chi connectivity index (χ1n) is 8.08. The van der Waals surface area contributed by atoms with Crippen molar-refractivity contribution in [3.8, 4) is 5.69 Å². The highest BCUT2D eigenvalue weighted by Gasteiger charge is 2.15. The molecule has 0 unspecified atom stereocenters. The first-order valence-corrected chi connectivity index (χ1v) is 8.08. The SMILES string of the molecule is NC(=O)c1ccc(-n2nnn(CCCC3CCCC3)c2=O)cc1. The molecule has 0 radical (unpaired) electrons. The Bertz CT molecular complexity index is 726. The molecule has 1 aromatic carbocycles. The van der Waals surface area contributed by atoms with Crippen LogP contribution < -0.4 is 11.4 Å². The predicted octanol–water partition coefficient (Wildman–Crippen LogP) is 1.50. The molecule has 1 amide bonds. The van der Waals surface area contributed by atoms with Crippen LogP contribution in [0.3, 0.4) is 0 Å². The van der Waals surface area contributed by atoms with E-state index in [9.17, 15) is 9.59 Å². The third kappa shape index (κ3) is 3.49. The molecule has 0 spiro atoms. The Morgan fingerprint density at radius 3 is 2.52 bits per heavy atom. The Kier molecular flexibility index (Phi) is 4.55. The minimum absolute atomic E-state index is 0.261. The summed E-state index contributed by atoms with van der Waals surface area (Å²) in [5.41, 5.74) is 5.91. The van der Waals surface area contributed by atoms with Crippen molar-refractivity contribution in [2.24, 2.45) is 11.7 Å². The summed E-state index contributed by atoms with van der Waals surface area (Å²) in [4.78, 5) is 23.4. The molecule has 1 saturated carbocycles. The van der Waals surface area contributed by atoms with E-state index in [1.807, 2.05) is 0 Å². The number of primary amides is 1. The highest BCUT2D eigenvalue weighted by molar-refractivity contribution is 5.92. The van der Waals surface area contributed by atoms with Gasteiger partial charge in [-0.3, -0.25) is 4.79 Å². The topological polar surface area (TPSA) is 95.8 Å². The standard InChI is InChI=1S/C16H21N5O2/c17-15(22)13-7-9-14(10-8-13)21-16(23)20(18-19-21)11-3-6-12-4-1-2-5-12/h7-10,12H,1-6,11H2,(H2,17,22). The lowest BCUT2D eigenvalue weighted by molar-refractivity contribution is 0.100. The van der Waals surface area contributed by atoms with Crippen LogP contribution >= 0.6 is 0 Å². The summed E-state index contributed by atoms with van der Waals surface area (Å²) in [7, 11) is 0. The predicted molar refractivity (Wildman–Crippen MR) is 85.3 cm³/mol. The Morgan fingerprint density at radius 2 is 1.87 bits per heavy atom. The fraction of sp³-hybridized carbons (Fsp3) is 0.500. The minimum Gasteiger partial charge on any atom is -0.366 e. The zero-order chi connectivity index (χ0) is 16.2. The quantitative estimate of drug-likeness (QED) is 0.873. The van der Waals surface area contributed by atoms with Crippen LogP contribution in [-0.4, -0.2) is 25.7 Å². The molecule has 1 aliphatic rings. The van der Waals surface area contributed by atoms with Crippen molar-refractivity contribution in [3.63, 3.8) is 0 Å². The van der Waals surface area contributed by atoms with Gasteiger partial charge in [0.05, 0.1) is 5.69 Å². The molecule has 1 heterocycles. The maximum Gasteiger partial charge on any atom is 0.368 e. The molecular weight excluding hydrogens is 294 g/mol. The third-order valence-electron chi connectivity index (χ3n) is 4.49. The molecule has 3 rings (SSSR count). The van der Waals surface area contributed by atoms with Gasteiger partial charge in [-0.25, -0.2) is 4.79 Å². The van der Waals surface area contributed by atoms with Crippen LogP contribution in [0.4, 0.5) is 0 Å². The van der Waals surface area contributed by atoms with Gasteiger partial charge in [0.2, 0.25) is 5.91 Å². The summed E-state index contributed by atoms with van der Waals surface area (Å²) in [6.07, 6.45) is 7.39. The van der Waals surface area contributed by atoms with E-state index in [0.717, 1.165) is 18.8 Å². The second-order valence-corrected chi connectivity index (χ2v) is 6.10. The average molecular weight is 315 g/mol. The lowest BCUT2D eigenvalue weighted by Gasteiger charge is -2.07. The highest BCUT2D eigenvalue weighted by atomic mass is 16.2. The Hall–Kier alpha value is -2.44. The fourth-order valence-corrected chi connectivity index (χ4v) is 3.17. The van der Waals surface area contributed by atoms with Gasteiger partial charge < -0.3 is 5.73 Å². The third-order valence-corrected chi connectivity index (χ3v) is 4.49. The zero-order valence-electron chi connectivity index (χ0n) is 13.0. The van der Waals surface area contributed by atoms with E-state index in [-0.39, 0.29) is 5.69 Å². The molecule has 23 heavy (non-hydrogen) atoms. The van der Waals surface area contributed by atoms with Crippen molar-refractivity contribution in [1.82, 2.24) is 19.8 Å². The Balaban J connectivity index is 1.66. The smallest absolute Gasteiger partial charge is 0.366 e. The van der Waals surface area contributed by atoms with Crippen LogP contribution in [-0.2, 0) is 6.54 Å². The summed E-state index contributed by atoms with van der Waals surface area (Å²) < 4.78 is 2.64. The average Bonchev–Trinajstić information content (AvgIpc) is 3.18. The molecule has 2 aromatic rings. The molecular formula is C16H21N5O2. The lowest BCUT2D eigenvalue weighted by atomic mass is 10.0. The first kappa shape index (κ1) is 15.5. The lowest BCUT2D eigenvalue weighted by Crippen LogP contribution is -2.24. The van der Waals surface area contributed by atoms with Crippen LogP contribution in [0.1, 0.15) is 48.9 Å². The largest absolute Gasteiger partial charge is 0.368 e. The molecule has 1 fully saturated rings. The zero-order valence-corrected chi connectivity index (χ0v) is 13.0. The van der Waals surface area contributed by atoms with Gasteiger partial charge in [-0.2, -0.15) is 9.36 Å². The number of amides is 1. The molecule has 0 atom stereocenters. The van der Waals surface area contributed by atoms with Gasteiger partial charge in [0, 0.05) is 12.1 Å². The fourth-order valence-electron chi connectivity index (χ4n) is 3.17. The van der Waals surface area contributed by atoms with Crippen LogP contribution in [0.5, 0.6) is 0 Å². The second kappa shape index (κ2) is 6.76. The summed E-state index contributed by atoms with van der Waals surface area (Å²) in [6.45, 7) is 0.592. The number of carbonyl (C=O) groups is 1. The molecule has 7 nitrogen and oxygen atoms in total. The van der Waals surface area contributed by atoms with Crippen molar-refractivity contribution in [2.75, 3.05) is 0 Å². The van der Waals surface area contributed by atoms with E-state index in [1.165, 1.54) is 35.0 Å². The molecule has 0 aliphatic heterocycles. The number of aryl methyl sites for hydroxylation is 1. The maximum absolute atomic E-state index is 12.3. The van der Waals surface area contributed by atoms with Crippen LogP contribution in [0.2, 0.25) is 0 Å². The summed E-state index contributed by atoms with van der Waals surface area (Å²) in [5, 5.41) is 7.85. The Labute approximate surface area is 134 Å². The number of nitrogens with zero attached hydrogens (tertiary/aromatic N) is 4. The van der Waals surface area contributed by atoms with Gasteiger partial charge in [-0.1, -0.05) is 25.7 Å². The monoisotopic (exact) mass is 315 g/mol. The van der Waals surface area contributed by atoms with E-state index >= 15 is 0 Å². The van der Waals surface area contributed by atoms with Gasteiger partial charge in [-0.05, 0) is 53.5 Å². The van der Waals surface area contributed by atoms with Gasteiger partial charge >= 0.3 is 5.69 Å². The number of benzene rings is 1. The summed E-state index contributed by atoms with van der Waals surface area (Å²) in [5.74, 6) is 0.307. The van der Waals surface area contributed by atoms with E-state index < -0.39 is 5.91 Å². The van der Waals surface area contributed by atoms with Crippen LogP contribution in [0, 0.1) is 5.92 Å². The van der Waals surface area contributed by atoms with Crippen molar-refractivity contribution >= 4 is 5.91 Å². The number of nitrogens with two attached hydrogens (primary N) is 1. The van der Waals surface area contributed by atoms with Gasteiger partial charge in [0.25, 0.3) is 0 Å². The number of tetrazole rings is 1. The van der Waals surface area contributed by atoms with Crippen LogP contribution in [0.25, 0.3) is 5.69 Å². The molecule has 1 aromatic heterocycles. The highest BCUT2D eigenvalue weighted by Crippen LogP contribution is 2.28. The van der Waals surface area contributed by atoms with Gasteiger partial charge in [0.1, 0.15) is 0 Å². The molecule has 122 valence electrons. The number of hydrogen-bond acceptors (Lipinski definition) is 4. The number of rotatable bonds is 6. The second-order valence-electron chi connectivity index (χ2n) is 6.10. The molecule has 0 bridgehead atoms. The van der Waals surface area contributed by atoms with Crippen molar-refractivity contribution in [2.45, 2.75) is 45.1 Å². The number of carbonyl (C=O) groups excluding carboxylic acids is 1. The maximum atomic E-state index is 12.3. The van der Waals surface area contributed by atoms with E-state index in [4.69, 9.17) is 5.73 Å². The number of aromatic nitrogens is 4. The minimum atomic E-state index is -0.500. The first-order chi connectivity index (χ1) is 11.1. The number of hydrogen-bond donors (Lipinski definition) is 1. The summed E-state index contributed by atoms with van der Waals surface area (Å²) >= 11 is 0. The molecule has 0 saturated heterocycles.